The fraction of sp³-hybridized carbons (Fsp3) is 0.231. The third kappa shape index (κ3) is 3.17. The van der Waals surface area contributed by atoms with E-state index in [2.05, 4.69) is 27.9 Å². The van der Waals surface area contributed by atoms with Gasteiger partial charge in [0.05, 0.1) is 7.11 Å². The van der Waals surface area contributed by atoms with E-state index in [9.17, 15) is 4.79 Å². The van der Waals surface area contributed by atoms with Crippen LogP contribution in [0.15, 0.2) is 36.0 Å². The van der Waals surface area contributed by atoms with Crippen LogP contribution in [0.5, 0.6) is 0 Å². The Hall–Kier alpha value is -2.10. The number of H-pyrrole nitrogens is 1. The second-order valence-corrected chi connectivity index (χ2v) is 3.69. The normalized spacial score (nSPS) is 11.1. The van der Waals surface area contributed by atoms with Crippen molar-refractivity contribution < 1.29 is 9.53 Å². The fourth-order valence-electron chi connectivity index (χ4n) is 1.35. The number of allylic oxidation sites excluding steroid dienone is 2. The van der Waals surface area contributed by atoms with Crippen LogP contribution in [-0.2, 0) is 4.74 Å². The van der Waals surface area contributed by atoms with Gasteiger partial charge in [-0.15, -0.1) is 0 Å². The van der Waals surface area contributed by atoms with Gasteiger partial charge in [0, 0.05) is 22.7 Å². The van der Waals surface area contributed by atoms with Crippen LogP contribution in [0.1, 0.15) is 30.0 Å². The summed E-state index contributed by atoms with van der Waals surface area (Å²) in [6.45, 7) is 11.3. The Balaban J connectivity index is 2.95. The van der Waals surface area contributed by atoms with E-state index in [-0.39, 0.29) is 0 Å². The van der Waals surface area contributed by atoms with Crippen LogP contribution >= 0.6 is 0 Å². The number of aromatic nitrogens is 1. The lowest BCUT2D eigenvalue weighted by Gasteiger charge is -2.03. The summed E-state index contributed by atoms with van der Waals surface area (Å²) < 4.78 is 4.61. The van der Waals surface area contributed by atoms with Crippen LogP contribution in [0, 0.1) is 0 Å². The number of carbonyl (C=O) groups is 1. The molecule has 1 rings (SSSR count). The maximum atomic E-state index is 11.3. The molecule has 0 aromatic carbocycles. The van der Waals surface area contributed by atoms with Crippen LogP contribution in [0.4, 0.5) is 0 Å². The average Bonchev–Trinajstić information content (AvgIpc) is 2.75. The molecule has 0 radical (unpaired) electrons. The van der Waals surface area contributed by atoms with Gasteiger partial charge < -0.3 is 9.72 Å². The highest BCUT2D eigenvalue weighted by atomic mass is 16.5. The highest BCUT2D eigenvalue weighted by molar-refractivity contribution is 6.21. The molecule has 0 saturated carbocycles. The molecule has 0 amide bonds. The highest BCUT2D eigenvalue weighted by Gasteiger charge is 2.10. The van der Waals surface area contributed by atoms with Crippen LogP contribution in [0.2, 0.25) is 0 Å². The van der Waals surface area contributed by atoms with Crippen LogP contribution < -0.4 is 0 Å². The minimum Gasteiger partial charge on any atom is -0.464 e. The summed E-state index contributed by atoms with van der Waals surface area (Å²) in [7, 11) is 1.34. The van der Waals surface area contributed by atoms with Gasteiger partial charge in [-0.3, -0.25) is 4.99 Å². The number of hydrogen-bond acceptors (Lipinski definition) is 3. The molecule has 0 fully saturated rings. The number of ether oxygens (including phenoxy) is 1. The molecule has 0 atom stereocenters. The van der Waals surface area contributed by atoms with E-state index in [1.807, 2.05) is 13.8 Å². The molecule has 1 aromatic rings. The van der Waals surface area contributed by atoms with Crippen molar-refractivity contribution in [3.05, 3.63) is 42.4 Å². The van der Waals surface area contributed by atoms with Crippen molar-refractivity contribution in [2.24, 2.45) is 4.99 Å². The van der Waals surface area contributed by atoms with Crippen LogP contribution in [0.3, 0.4) is 0 Å². The van der Waals surface area contributed by atoms with Crippen LogP contribution in [-0.4, -0.2) is 23.8 Å². The molecule has 1 heterocycles. The highest BCUT2D eigenvalue weighted by Crippen LogP contribution is 2.15. The number of carbonyl (C=O) groups excluding carboxylic acids is 1. The van der Waals surface area contributed by atoms with Gasteiger partial charge in [0.15, 0.2) is 0 Å². The van der Waals surface area contributed by atoms with E-state index in [0.717, 1.165) is 17.0 Å². The van der Waals surface area contributed by atoms with Crippen molar-refractivity contribution in [1.29, 1.82) is 0 Å². The molecule has 4 heteroatoms. The number of aromatic amines is 1. The molecule has 0 bridgehead atoms. The first-order valence-electron chi connectivity index (χ1n) is 5.13. The summed E-state index contributed by atoms with van der Waals surface area (Å²) in [6.07, 6.45) is 0. The molecule has 17 heavy (non-hydrogen) atoms. The predicted octanol–water partition coefficient (Wildman–Crippen LogP) is 2.81. The molecule has 90 valence electrons. The Labute approximate surface area is 101 Å². The van der Waals surface area contributed by atoms with E-state index >= 15 is 0 Å². The Bertz CT molecular complexity index is 495. The molecule has 0 spiro atoms. The van der Waals surface area contributed by atoms with Crippen molar-refractivity contribution >= 4 is 17.3 Å². The summed E-state index contributed by atoms with van der Waals surface area (Å²) in [6, 6.07) is 3.42. The van der Waals surface area contributed by atoms with E-state index in [0.29, 0.717) is 11.4 Å². The first-order valence-corrected chi connectivity index (χ1v) is 5.13. The van der Waals surface area contributed by atoms with Gasteiger partial charge >= 0.3 is 5.97 Å². The number of nitrogens with zero attached hydrogens (tertiary/aromatic N) is 1. The lowest BCUT2D eigenvalue weighted by Crippen LogP contribution is -2.02. The second-order valence-electron chi connectivity index (χ2n) is 3.69. The van der Waals surface area contributed by atoms with Crippen molar-refractivity contribution in [2.75, 3.05) is 7.11 Å². The number of esters is 1. The van der Waals surface area contributed by atoms with Crippen molar-refractivity contribution in [1.82, 2.24) is 4.98 Å². The van der Waals surface area contributed by atoms with Crippen molar-refractivity contribution in [2.45, 2.75) is 13.8 Å². The van der Waals surface area contributed by atoms with Gasteiger partial charge in [-0.05, 0) is 26.0 Å². The maximum Gasteiger partial charge on any atom is 0.354 e. The first kappa shape index (κ1) is 13.0. The molecule has 0 aliphatic carbocycles. The molecule has 0 aliphatic rings. The SMILES string of the molecule is C=C(C)N=C(C)C(=C)c1ccc(C(=O)OC)[nH]1. The summed E-state index contributed by atoms with van der Waals surface area (Å²) in [4.78, 5) is 18.4. The second kappa shape index (κ2) is 5.30. The smallest absolute Gasteiger partial charge is 0.354 e. The lowest BCUT2D eigenvalue weighted by atomic mass is 10.1. The third-order valence-electron chi connectivity index (χ3n) is 2.21. The average molecular weight is 232 g/mol. The lowest BCUT2D eigenvalue weighted by molar-refractivity contribution is 0.0595. The third-order valence-corrected chi connectivity index (χ3v) is 2.21. The Morgan fingerprint density at radius 2 is 1.88 bits per heavy atom. The summed E-state index contributed by atoms with van der Waals surface area (Å²) in [5.74, 6) is -0.404. The maximum absolute atomic E-state index is 11.3. The molecule has 0 unspecified atom stereocenters. The zero-order valence-corrected chi connectivity index (χ0v) is 10.3. The first-order chi connectivity index (χ1) is 7.95. The van der Waals surface area contributed by atoms with E-state index in [1.54, 1.807) is 12.1 Å². The molecule has 0 saturated heterocycles. The number of rotatable bonds is 4. The molecular weight excluding hydrogens is 216 g/mol. The fourth-order valence-corrected chi connectivity index (χ4v) is 1.35. The zero-order valence-electron chi connectivity index (χ0n) is 10.3. The molecule has 4 nitrogen and oxygen atoms in total. The Kier molecular flexibility index (Phi) is 4.04. The van der Waals surface area contributed by atoms with Gasteiger partial charge in [0.2, 0.25) is 0 Å². The van der Waals surface area contributed by atoms with E-state index in [4.69, 9.17) is 0 Å². The van der Waals surface area contributed by atoms with Gasteiger partial charge in [-0.25, -0.2) is 4.79 Å². The Morgan fingerprint density at radius 3 is 2.41 bits per heavy atom. The molecule has 1 aromatic heterocycles. The minimum atomic E-state index is -0.404. The number of methoxy groups -OCH3 is 1. The Morgan fingerprint density at radius 1 is 1.29 bits per heavy atom. The van der Waals surface area contributed by atoms with Crippen molar-refractivity contribution in [3.63, 3.8) is 0 Å². The summed E-state index contributed by atoms with van der Waals surface area (Å²) >= 11 is 0. The molecular formula is C13H16N2O2. The zero-order chi connectivity index (χ0) is 13.0. The summed E-state index contributed by atoms with van der Waals surface area (Å²) in [5, 5.41) is 0. The van der Waals surface area contributed by atoms with Gasteiger partial charge in [0.1, 0.15) is 5.69 Å². The number of nitrogens with one attached hydrogen (secondary N) is 1. The molecule has 0 aliphatic heterocycles. The largest absolute Gasteiger partial charge is 0.464 e. The predicted molar refractivity (Wildman–Crippen MR) is 69.1 cm³/mol. The van der Waals surface area contributed by atoms with Crippen molar-refractivity contribution in [3.8, 4) is 0 Å². The van der Waals surface area contributed by atoms with Gasteiger partial charge in [-0.1, -0.05) is 13.2 Å². The number of aliphatic imine (C=N–C) groups is 1. The molecule has 1 N–H and O–H groups in total. The topological polar surface area (TPSA) is 54.4 Å². The monoisotopic (exact) mass is 232 g/mol. The standard InChI is InChI=1S/C13H16N2O2/c1-8(2)14-10(4)9(3)11-6-7-12(15-11)13(16)17-5/h6-7,15H,1,3H2,2,4-5H3. The minimum absolute atomic E-state index is 0.395. The quantitative estimate of drug-likeness (QED) is 0.641. The van der Waals surface area contributed by atoms with Gasteiger partial charge in [-0.2, -0.15) is 0 Å². The summed E-state index contributed by atoms with van der Waals surface area (Å²) in [5.41, 5.74) is 3.34. The van der Waals surface area contributed by atoms with Crippen LogP contribution in [0.25, 0.3) is 5.57 Å². The number of hydrogen-bond donors (Lipinski definition) is 1. The van der Waals surface area contributed by atoms with E-state index < -0.39 is 5.97 Å². The van der Waals surface area contributed by atoms with E-state index in [1.165, 1.54) is 7.11 Å². The van der Waals surface area contributed by atoms with Gasteiger partial charge in [0.25, 0.3) is 0 Å².